The lowest BCUT2D eigenvalue weighted by molar-refractivity contribution is -0.153. The molecule has 4 amide bonds. The van der Waals surface area contributed by atoms with E-state index in [4.69, 9.17) is 14.0 Å². The van der Waals surface area contributed by atoms with Crippen molar-refractivity contribution < 1.29 is 32.8 Å². The van der Waals surface area contributed by atoms with Crippen molar-refractivity contribution in [2.24, 2.45) is 5.41 Å². The lowest BCUT2D eigenvalue weighted by Gasteiger charge is -2.54. The number of nitrogens with one attached hydrogen (secondary N) is 2. The molecule has 2 atom stereocenters. The Bertz CT molecular complexity index is 1080. The molecule has 3 aliphatic rings. The summed E-state index contributed by atoms with van der Waals surface area (Å²) in [5, 5.41) is 8.70. The van der Waals surface area contributed by atoms with Crippen LogP contribution in [0, 0.1) is 18.2 Å². The second-order valence-corrected chi connectivity index (χ2v) is 7.73. The Kier molecular flexibility index (Phi) is 4.09. The molecule has 1 aromatic heterocycles. The molecule has 2 N–H and O–H groups in total. The van der Waals surface area contributed by atoms with E-state index in [-0.39, 0.29) is 37.4 Å². The lowest BCUT2D eigenvalue weighted by Crippen LogP contribution is -2.75. The number of nitrogens with zero attached hydrogens (tertiary/aromatic N) is 2. The molecule has 1 spiro atoms. The van der Waals surface area contributed by atoms with E-state index in [0.717, 1.165) is 0 Å². The molecule has 2 fully saturated rings. The van der Waals surface area contributed by atoms with Crippen molar-refractivity contribution in [3.63, 3.8) is 0 Å². The highest BCUT2D eigenvalue weighted by Crippen LogP contribution is 2.48. The molecule has 0 saturated carbocycles. The average Bonchev–Trinajstić information content (AvgIpc) is 3.07. The number of halogens is 1. The fourth-order valence-corrected chi connectivity index (χ4v) is 4.91. The number of barbiturate groups is 1. The molecule has 158 valence electrons. The largest absolute Gasteiger partial charge is 0.382 e. The van der Waals surface area contributed by atoms with Crippen molar-refractivity contribution in [3.05, 3.63) is 23.1 Å². The monoisotopic (exact) mass is 418 g/mol. The van der Waals surface area contributed by atoms with Gasteiger partial charge in [0.25, 0.3) is 0 Å². The number of aromatic nitrogens is 1. The van der Waals surface area contributed by atoms with Crippen molar-refractivity contribution in [1.82, 2.24) is 15.8 Å². The number of morpholine rings is 1. The van der Waals surface area contributed by atoms with Crippen LogP contribution in [-0.4, -0.2) is 62.0 Å². The van der Waals surface area contributed by atoms with Gasteiger partial charge in [-0.15, -0.1) is 0 Å². The second-order valence-electron chi connectivity index (χ2n) is 7.73. The molecule has 5 rings (SSSR count). The fourth-order valence-electron chi connectivity index (χ4n) is 4.91. The Labute approximate surface area is 169 Å². The van der Waals surface area contributed by atoms with Gasteiger partial charge >= 0.3 is 6.03 Å². The predicted molar refractivity (Wildman–Crippen MR) is 99.3 cm³/mol. The van der Waals surface area contributed by atoms with Crippen LogP contribution in [0.3, 0.4) is 0 Å². The van der Waals surface area contributed by atoms with Gasteiger partial charge in [-0.3, -0.25) is 20.2 Å². The highest BCUT2D eigenvalue weighted by molar-refractivity contribution is 6.20. The van der Waals surface area contributed by atoms with Gasteiger partial charge < -0.3 is 18.9 Å². The topological polar surface area (TPSA) is 123 Å². The van der Waals surface area contributed by atoms with E-state index in [1.165, 1.54) is 7.11 Å². The number of hydrogen-bond acceptors (Lipinski definition) is 8. The van der Waals surface area contributed by atoms with E-state index in [9.17, 15) is 14.4 Å². The van der Waals surface area contributed by atoms with Crippen molar-refractivity contribution in [1.29, 1.82) is 0 Å². The number of fused-ring (bicyclic) bond motifs is 5. The minimum absolute atomic E-state index is 0.0171. The molecule has 2 saturated heterocycles. The molecule has 4 heterocycles. The van der Waals surface area contributed by atoms with Crippen LogP contribution in [0.2, 0.25) is 0 Å². The van der Waals surface area contributed by atoms with Gasteiger partial charge in [-0.2, -0.15) is 0 Å². The maximum absolute atomic E-state index is 15.6. The zero-order chi connectivity index (χ0) is 21.2. The first-order valence-electron chi connectivity index (χ1n) is 9.50. The van der Waals surface area contributed by atoms with Crippen LogP contribution in [0.15, 0.2) is 10.6 Å². The quantitative estimate of drug-likeness (QED) is 0.672. The lowest BCUT2D eigenvalue weighted by atomic mass is 9.66. The molecule has 10 nitrogen and oxygen atoms in total. The minimum atomic E-state index is -1.70. The Balaban J connectivity index is 1.77. The highest BCUT2D eigenvalue weighted by Gasteiger charge is 2.63. The molecule has 0 radical (unpaired) electrons. The molecule has 0 aliphatic carbocycles. The molecule has 0 bridgehead atoms. The number of rotatable bonds is 2. The van der Waals surface area contributed by atoms with Crippen LogP contribution in [0.25, 0.3) is 11.0 Å². The van der Waals surface area contributed by atoms with E-state index in [2.05, 4.69) is 15.8 Å². The van der Waals surface area contributed by atoms with Crippen molar-refractivity contribution in [3.8, 4) is 0 Å². The molecule has 0 unspecified atom stereocenters. The number of hydrogen-bond donors (Lipinski definition) is 2. The first-order chi connectivity index (χ1) is 14.4. The van der Waals surface area contributed by atoms with Gasteiger partial charge in [-0.05, 0) is 18.6 Å². The van der Waals surface area contributed by atoms with Crippen LogP contribution in [-0.2, 0) is 25.5 Å². The maximum Gasteiger partial charge on any atom is 0.328 e. The van der Waals surface area contributed by atoms with Crippen molar-refractivity contribution in [2.45, 2.75) is 25.5 Å². The molecule has 11 heteroatoms. The van der Waals surface area contributed by atoms with Crippen molar-refractivity contribution in [2.75, 3.05) is 31.8 Å². The Morgan fingerprint density at radius 2 is 2.07 bits per heavy atom. The molecule has 3 aliphatic heterocycles. The summed E-state index contributed by atoms with van der Waals surface area (Å²) in [5.74, 6) is -2.09. The standard InChI is InChI=1S/C19H19FN4O6/c1-8-10-5-9-6-19(16(25)21-18(27)22-17(19)26)15-11(7-28-2)29-4-3-24(15)13(9)12(20)14(10)30-23-8/h5,11,15H,3-4,6-7H2,1-2H3,(H2,21,22,25,26,27)/t11-,15+/m0/s1. The number of carbonyl (C=O) groups is 3. The van der Waals surface area contributed by atoms with Crippen molar-refractivity contribution >= 4 is 34.5 Å². The normalized spacial score (nSPS) is 25.2. The SMILES string of the molecule is COC[C@@H]1OCCN2c3c(cc4c(C)noc4c3F)CC3(C(=O)NC(=O)NC3=O)[C@@H]12. The fraction of sp³-hybridized carbons (Fsp3) is 0.474. The van der Waals surface area contributed by atoms with Gasteiger partial charge in [0.15, 0.2) is 11.2 Å². The number of carbonyl (C=O) groups excluding carboxylic acids is 3. The van der Waals surface area contributed by atoms with Gasteiger partial charge in [0.05, 0.1) is 30.6 Å². The number of methoxy groups -OCH3 is 1. The zero-order valence-electron chi connectivity index (χ0n) is 16.3. The number of benzene rings is 1. The smallest absolute Gasteiger partial charge is 0.328 e. The number of imide groups is 2. The Hall–Kier alpha value is -3.05. The number of aryl methyl sites for hydroxylation is 1. The van der Waals surface area contributed by atoms with Gasteiger partial charge in [-0.1, -0.05) is 5.16 Å². The molecule has 2 aromatic rings. The third-order valence-corrected chi connectivity index (χ3v) is 6.15. The minimum Gasteiger partial charge on any atom is -0.382 e. The van der Waals surface area contributed by atoms with E-state index < -0.39 is 41.2 Å². The molecular formula is C19H19FN4O6. The second kappa shape index (κ2) is 6.47. The number of urea groups is 1. The summed E-state index contributed by atoms with van der Waals surface area (Å²) in [6.45, 7) is 2.25. The Morgan fingerprint density at radius 3 is 2.77 bits per heavy atom. The van der Waals surface area contributed by atoms with E-state index in [1.54, 1.807) is 17.9 Å². The zero-order valence-corrected chi connectivity index (χ0v) is 16.3. The number of amides is 4. The summed E-state index contributed by atoms with van der Waals surface area (Å²) in [6, 6.07) is -0.0812. The van der Waals surface area contributed by atoms with Crippen LogP contribution < -0.4 is 15.5 Å². The van der Waals surface area contributed by atoms with Crippen LogP contribution in [0.5, 0.6) is 0 Å². The van der Waals surface area contributed by atoms with E-state index in [0.29, 0.717) is 16.6 Å². The van der Waals surface area contributed by atoms with Crippen LogP contribution in [0.4, 0.5) is 14.9 Å². The molecule has 30 heavy (non-hydrogen) atoms. The average molecular weight is 418 g/mol. The highest BCUT2D eigenvalue weighted by atomic mass is 19.1. The molecular weight excluding hydrogens is 399 g/mol. The number of anilines is 1. The summed E-state index contributed by atoms with van der Waals surface area (Å²) >= 11 is 0. The van der Waals surface area contributed by atoms with Crippen LogP contribution in [0.1, 0.15) is 11.3 Å². The third kappa shape index (κ3) is 2.36. The van der Waals surface area contributed by atoms with Gasteiger partial charge in [0, 0.05) is 25.5 Å². The maximum atomic E-state index is 15.6. The third-order valence-electron chi connectivity index (χ3n) is 6.15. The van der Waals surface area contributed by atoms with E-state index in [1.807, 2.05) is 0 Å². The van der Waals surface area contributed by atoms with Gasteiger partial charge in [0.2, 0.25) is 17.4 Å². The predicted octanol–water partition coefficient (Wildman–Crippen LogP) is 0.404. The van der Waals surface area contributed by atoms with E-state index >= 15 is 4.39 Å². The first kappa shape index (κ1) is 18.9. The number of ether oxygens (including phenoxy) is 2. The summed E-state index contributed by atoms with van der Waals surface area (Å²) < 4.78 is 31.8. The van der Waals surface area contributed by atoms with Crippen LogP contribution >= 0.6 is 0 Å². The summed E-state index contributed by atoms with van der Waals surface area (Å²) in [5.41, 5.74) is -0.481. The first-order valence-corrected chi connectivity index (χ1v) is 9.50. The summed E-state index contributed by atoms with van der Waals surface area (Å²) in [6.07, 6.45) is -0.816. The molecule has 1 aromatic carbocycles. The van der Waals surface area contributed by atoms with Gasteiger partial charge in [0.1, 0.15) is 6.10 Å². The Morgan fingerprint density at radius 1 is 1.33 bits per heavy atom. The summed E-state index contributed by atoms with van der Waals surface area (Å²) in [4.78, 5) is 39.7. The summed E-state index contributed by atoms with van der Waals surface area (Å²) in [7, 11) is 1.47. The van der Waals surface area contributed by atoms with Gasteiger partial charge in [-0.25, -0.2) is 9.18 Å².